The third-order valence-corrected chi connectivity index (χ3v) is 18.4. The van der Waals surface area contributed by atoms with Gasteiger partial charge in [-0.3, -0.25) is 86.3 Å². The van der Waals surface area contributed by atoms with Crippen molar-refractivity contribution in [3.05, 3.63) is 36.0 Å². The Morgan fingerprint density at radius 3 is 1.66 bits per heavy atom. The van der Waals surface area contributed by atoms with Crippen LogP contribution in [0.5, 0.6) is 0 Å². The molecule has 1 aromatic carbocycles. The number of aliphatic carboxylic acids is 4. The molecule has 0 radical (unpaired) electrons. The van der Waals surface area contributed by atoms with Gasteiger partial charge in [0.25, 0.3) is 0 Å². The minimum absolute atomic E-state index is 0.00903. The quantitative estimate of drug-likeness (QED) is 0.0236. The molecule has 0 saturated carbocycles. The maximum Gasteiger partial charge on any atom is 0.329 e. The van der Waals surface area contributed by atoms with E-state index >= 15 is 0 Å². The highest BCUT2D eigenvalue weighted by atomic mass is 16.5. The first-order valence-electron chi connectivity index (χ1n) is 36.8. The first-order valence-corrected chi connectivity index (χ1v) is 36.8. The lowest BCUT2D eigenvalue weighted by Gasteiger charge is -2.31. The molecule has 14 amide bonds. The van der Waals surface area contributed by atoms with E-state index in [9.17, 15) is 112 Å². The SMILES string of the molecule is CCC(C)CCCCCCCCC(=O)NC(Cc1c[nH]c2ccccc12)C(=O)NC(CC(N)=O)C(=O)NC(CC(=O)O)C(=O)NC1C(=O)NCC(=O)NC(CCCN)C(=O)NC(CC(=O)O)C(=O)NC(C)C(=O)NC(CC(=O)O)C(=O)NCC(=O)NC(C)C(=O)NC(C(C)CC(=O)O)C(=O)NC(C(C)CC)C(=O)OC1C. The number of carbonyl (C=O) groups excluding carboxylic acids is 15. The molecule has 40 heteroatoms. The third kappa shape index (κ3) is 33.6. The van der Waals surface area contributed by atoms with Crippen LogP contribution in [0.15, 0.2) is 30.5 Å². The van der Waals surface area contributed by atoms with Gasteiger partial charge in [0.1, 0.15) is 72.6 Å². The predicted octanol–water partition coefficient (Wildman–Crippen LogP) is -3.38. The number of unbranched alkanes of at least 4 members (excludes halogenated alkanes) is 5. The van der Waals surface area contributed by atoms with Crippen LogP contribution in [0.25, 0.3) is 10.9 Å². The molecule has 1 aromatic heterocycles. The molecule has 616 valence electrons. The Kier molecular flexibility index (Phi) is 40.2. The number of benzene rings is 1. The Bertz CT molecular complexity index is 3650. The summed E-state index contributed by atoms with van der Waals surface area (Å²) in [5, 5.41) is 69.2. The van der Waals surface area contributed by atoms with Gasteiger partial charge in [0.15, 0.2) is 0 Å². The van der Waals surface area contributed by atoms with Crippen LogP contribution in [0.2, 0.25) is 0 Å². The molecule has 0 bridgehead atoms. The Morgan fingerprint density at radius 2 is 1.06 bits per heavy atom. The number of esters is 1. The number of nitrogens with two attached hydrogens (primary N) is 2. The van der Waals surface area contributed by atoms with E-state index in [1.54, 1.807) is 37.4 Å². The molecule has 0 spiro atoms. The van der Waals surface area contributed by atoms with Gasteiger partial charge in [0.2, 0.25) is 82.7 Å². The molecule has 0 aliphatic carbocycles. The molecule has 15 unspecified atom stereocenters. The summed E-state index contributed by atoms with van der Waals surface area (Å²) in [5.74, 6) is -26.8. The number of rotatable bonds is 35. The highest BCUT2D eigenvalue weighted by Crippen LogP contribution is 2.21. The standard InChI is InChI=1S/C71H108N16O24/c1-9-35(3)20-15-13-11-12-14-16-24-51(89)80-45(27-41-32-74-43-22-18-17-21-42(41)43)66(105)82-46(28-50(73)88)67(106)84-49(31-57(98)99)68(107)87-60-40(8)111-71(110)59(36(4)10-2)86-70(109)58(37(5)26-54(92)93)85-62(101)38(6)77-52(90)33-75-63(102)47(29-55(94)95)81-61(100)39(7)78-65(104)48(30-56(96)97)83-64(103)44(23-19-25-72)79-53(91)34-76-69(60)108/h17-18,21-22,32,35-40,44-49,58-60,74H,9-16,19-20,23-31,33-34,72H2,1-8H3,(H2,73,88)(H,75,102)(H,76,108)(H,77,90)(H,78,104)(H,79,91)(H,80,89)(H,81,100)(H,82,105)(H,83,103)(H,84,106)(H,85,101)(H,86,109)(H,87,107)(H,92,93)(H,94,95)(H,96,97)(H,98,99). The lowest BCUT2D eigenvalue weighted by atomic mass is 9.94. The minimum atomic E-state index is -2.29. The van der Waals surface area contributed by atoms with Gasteiger partial charge >= 0.3 is 29.8 Å². The summed E-state index contributed by atoms with van der Waals surface area (Å²) in [6.07, 6.45) is 0.988. The number of hydrogen-bond donors (Lipinski definition) is 20. The fourth-order valence-electron chi connectivity index (χ4n) is 11.5. The van der Waals surface area contributed by atoms with Crippen molar-refractivity contribution in [3.8, 4) is 0 Å². The molecule has 2 aromatic rings. The van der Waals surface area contributed by atoms with Gasteiger partial charge in [-0.25, -0.2) is 4.79 Å². The number of ether oxygens (including phenoxy) is 1. The molecule has 15 atom stereocenters. The van der Waals surface area contributed by atoms with E-state index in [1.807, 2.05) is 0 Å². The minimum Gasteiger partial charge on any atom is -0.481 e. The summed E-state index contributed by atoms with van der Waals surface area (Å²) in [6.45, 7) is 9.34. The number of carbonyl (C=O) groups is 19. The number of para-hydroxylation sites is 1. The zero-order valence-corrected chi connectivity index (χ0v) is 63.5. The number of nitrogens with one attached hydrogen (secondary N) is 14. The molecule has 1 aliphatic heterocycles. The predicted molar refractivity (Wildman–Crippen MR) is 392 cm³/mol. The number of carboxylic acid groups (broad SMARTS) is 4. The number of hydrogen-bond acceptors (Lipinski definition) is 21. The molecule has 1 saturated heterocycles. The molecule has 40 nitrogen and oxygen atoms in total. The van der Waals surface area contributed by atoms with Crippen LogP contribution < -0.4 is 80.6 Å². The van der Waals surface area contributed by atoms with Gasteiger partial charge in [-0.15, -0.1) is 0 Å². The van der Waals surface area contributed by atoms with Crippen LogP contribution in [0.1, 0.15) is 170 Å². The molecular formula is C71H108N16O24. The summed E-state index contributed by atoms with van der Waals surface area (Å²) in [4.78, 5) is 260. The monoisotopic (exact) mass is 1570 g/mol. The van der Waals surface area contributed by atoms with Crippen LogP contribution in [-0.2, 0) is 102 Å². The van der Waals surface area contributed by atoms with Gasteiger partial charge in [-0.05, 0) is 76.0 Å². The molecule has 1 aliphatic rings. The molecule has 2 heterocycles. The fourth-order valence-corrected chi connectivity index (χ4v) is 11.5. The molecule has 111 heavy (non-hydrogen) atoms. The largest absolute Gasteiger partial charge is 0.481 e. The van der Waals surface area contributed by atoms with E-state index in [1.165, 1.54) is 13.8 Å². The lowest BCUT2D eigenvalue weighted by molar-refractivity contribution is -0.157. The number of aromatic nitrogens is 1. The van der Waals surface area contributed by atoms with Gasteiger partial charge in [-0.1, -0.05) is 104 Å². The fraction of sp³-hybridized carbons (Fsp3) is 0.620. The number of H-pyrrole nitrogens is 1. The van der Waals surface area contributed by atoms with Gasteiger partial charge in [0, 0.05) is 29.9 Å². The smallest absolute Gasteiger partial charge is 0.329 e. The number of primary amides is 1. The second-order valence-corrected chi connectivity index (χ2v) is 27.6. The van der Waals surface area contributed by atoms with Crippen LogP contribution in [0.4, 0.5) is 0 Å². The molecule has 3 rings (SSSR count). The zero-order valence-electron chi connectivity index (χ0n) is 63.5. The first kappa shape index (κ1) is 93.9. The van der Waals surface area contributed by atoms with Crippen molar-refractivity contribution in [1.29, 1.82) is 0 Å². The summed E-state index contributed by atoms with van der Waals surface area (Å²) < 4.78 is 5.75. The van der Waals surface area contributed by atoms with Crippen molar-refractivity contribution in [1.82, 2.24) is 74.1 Å². The van der Waals surface area contributed by atoms with E-state index in [2.05, 4.69) is 87.9 Å². The topological polar surface area (TPSA) is 639 Å². The van der Waals surface area contributed by atoms with E-state index in [4.69, 9.17) is 16.2 Å². The van der Waals surface area contributed by atoms with Gasteiger partial charge in [0.05, 0.1) is 45.2 Å². The number of aromatic amines is 1. The van der Waals surface area contributed by atoms with Crippen molar-refractivity contribution in [2.75, 3.05) is 19.6 Å². The lowest BCUT2D eigenvalue weighted by Crippen LogP contribution is -2.62. The summed E-state index contributed by atoms with van der Waals surface area (Å²) in [6, 6.07) is -13.8. The number of carboxylic acids is 4. The van der Waals surface area contributed by atoms with Crippen molar-refractivity contribution in [3.63, 3.8) is 0 Å². The third-order valence-electron chi connectivity index (χ3n) is 18.4. The maximum absolute atomic E-state index is 14.7. The van der Waals surface area contributed by atoms with Crippen molar-refractivity contribution in [2.45, 2.75) is 244 Å². The van der Waals surface area contributed by atoms with Gasteiger partial charge < -0.3 is 111 Å². The molecular weight excluding hydrogens is 1460 g/mol. The summed E-state index contributed by atoms with van der Waals surface area (Å²) >= 11 is 0. The van der Waals surface area contributed by atoms with Crippen LogP contribution in [-0.4, -0.2) is 230 Å². The normalized spacial score (nSPS) is 22.2. The Hall–Kier alpha value is -11.3. The van der Waals surface area contributed by atoms with E-state index < -0.39 is 242 Å². The summed E-state index contributed by atoms with van der Waals surface area (Å²) in [5.41, 5.74) is 12.5. The average molecular weight is 1570 g/mol. The Morgan fingerprint density at radius 1 is 0.532 bits per heavy atom. The highest BCUT2D eigenvalue weighted by Gasteiger charge is 2.41. The van der Waals surface area contributed by atoms with Crippen LogP contribution in [0, 0.1) is 17.8 Å². The number of cyclic esters (lactones) is 1. The molecule has 1 fully saturated rings. The van der Waals surface area contributed by atoms with E-state index in [0.29, 0.717) is 35.2 Å². The Balaban J connectivity index is 2.17. The Labute approximate surface area is 639 Å². The van der Waals surface area contributed by atoms with Crippen LogP contribution >= 0.6 is 0 Å². The van der Waals surface area contributed by atoms with Crippen molar-refractivity contribution < 1.29 is 116 Å². The average Bonchev–Trinajstić information content (AvgIpc) is 1.75. The van der Waals surface area contributed by atoms with Gasteiger partial charge in [-0.2, -0.15) is 0 Å². The number of fused-ring (bicyclic) bond motifs is 1. The van der Waals surface area contributed by atoms with Crippen LogP contribution in [0.3, 0.4) is 0 Å². The second-order valence-electron chi connectivity index (χ2n) is 27.6. The number of amides is 14. The van der Waals surface area contributed by atoms with E-state index in [0.717, 1.165) is 59.3 Å². The zero-order chi connectivity index (χ0) is 83.4. The summed E-state index contributed by atoms with van der Waals surface area (Å²) in [7, 11) is 0. The van der Waals surface area contributed by atoms with E-state index in [-0.39, 0.29) is 38.6 Å². The highest BCUT2D eigenvalue weighted by molar-refractivity contribution is 6.02. The van der Waals surface area contributed by atoms with Crippen molar-refractivity contribution in [2.24, 2.45) is 29.2 Å². The second kappa shape index (κ2) is 47.6. The molecule has 22 N–H and O–H groups in total. The van der Waals surface area contributed by atoms with Crippen molar-refractivity contribution >= 4 is 123 Å². The first-order chi connectivity index (χ1) is 52.3. The maximum atomic E-state index is 14.7.